The van der Waals surface area contributed by atoms with E-state index in [4.69, 9.17) is 0 Å². The van der Waals surface area contributed by atoms with Crippen molar-refractivity contribution in [2.45, 2.75) is 20.4 Å². The highest BCUT2D eigenvalue weighted by atomic mass is 35.5. The molecule has 5 rings (SSSR count). The molecule has 0 aliphatic heterocycles. The highest BCUT2D eigenvalue weighted by molar-refractivity contribution is 5.99. The normalized spacial score (nSPS) is 11.3. The highest BCUT2D eigenvalue weighted by Crippen LogP contribution is 2.27. The quantitative estimate of drug-likeness (QED) is 0.274. The Morgan fingerprint density at radius 2 is 1.86 bits per heavy atom. The second kappa shape index (κ2) is 10.1. The first-order chi connectivity index (χ1) is 16.9. The van der Waals surface area contributed by atoms with Gasteiger partial charge in [0, 0.05) is 28.4 Å². The molecule has 0 radical (unpaired) electrons. The number of para-hydroxylation sites is 1. The van der Waals surface area contributed by atoms with Crippen molar-refractivity contribution in [3.05, 3.63) is 95.2 Å². The Bertz CT molecular complexity index is 1620. The zero-order chi connectivity index (χ0) is 24.5. The number of nitrogens with zero attached hydrogens (tertiary/aromatic N) is 3. The van der Waals surface area contributed by atoms with Gasteiger partial charge in [-0.3, -0.25) is 4.79 Å². The number of aromatic amines is 1. The van der Waals surface area contributed by atoms with Crippen LogP contribution in [0.5, 0.6) is 0 Å². The molecule has 0 spiro atoms. The molecule has 6 nitrogen and oxygen atoms in total. The van der Waals surface area contributed by atoms with E-state index in [0.29, 0.717) is 17.1 Å². The number of aromatic nitrogens is 3. The molecule has 5 aromatic rings. The number of carbonyl (C=O) groups is 1. The van der Waals surface area contributed by atoms with Crippen LogP contribution < -0.4 is 5.32 Å². The molecule has 2 aromatic heterocycles. The van der Waals surface area contributed by atoms with Crippen molar-refractivity contribution in [2.24, 2.45) is 0 Å². The molecule has 0 saturated carbocycles. The Kier molecular flexibility index (Phi) is 6.91. The summed E-state index contributed by atoms with van der Waals surface area (Å²) in [6.45, 7) is 4.14. The fourth-order valence-electron chi connectivity index (χ4n) is 4.12. The highest BCUT2D eigenvalue weighted by Gasteiger charge is 2.14. The minimum Gasteiger partial charge on any atom is -0.337 e. The van der Waals surface area contributed by atoms with E-state index in [0.717, 1.165) is 38.6 Å². The Morgan fingerprint density at radius 1 is 1.14 bits per heavy atom. The minimum absolute atomic E-state index is 0. The van der Waals surface area contributed by atoms with E-state index >= 15 is 0 Å². The standard InChI is InChI=1S/C28H22FN5O.ClH/c1-17-11-24-25(12-18(17)2)33-28(32-24)19(14-30)13-20-15-34(26-6-4-3-5-23(20)26)16-27(35)31-22-9-7-21(29)8-10-22;/h3-13,15H,16H2,1-2H3,(H,31,35)(H,32,33);1H/b19-13+;. The molecule has 2 N–H and O–H groups in total. The third-order valence-corrected chi connectivity index (χ3v) is 6.03. The molecule has 0 bridgehead atoms. The second-order valence-corrected chi connectivity index (χ2v) is 8.49. The maximum Gasteiger partial charge on any atom is 0.244 e. The van der Waals surface area contributed by atoms with Crippen LogP contribution >= 0.6 is 12.4 Å². The second-order valence-electron chi connectivity index (χ2n) is 8.49. The summed E-state index contributed by atoms with van der Waals surface area (Å²) in [7, 11) is 0. The number of anilines is 1. The Morgan fingerprint density at radius 3 is 2.61 bits per heavy atom. The van der Waals surface area contributed by atoms with Gasteiger partial charge in [0.15, 0.2) is 0 Å². The molecular formula is C28H23ClFN5O. The number of hydrogen-bond donors (Lipinski definition) is 2. The zero-order valence-corrected chi connectivity index (χ0v) is 20.5. The number of imidazole rings is 1. The number of rotatable bonds is 5. The average molecular weight is 500 g/mol. The molecule has 0 fully saturated rings. The van der Waals surface area contributed by atoms with Crippen molar-refractivity contribution < 1.29 is 9.18 Å². The third kappa shape index (κ3) is 4.85. The first-order valence-electron chi connectivity index (χ1n) is 11.1. The van der Waals surface area contributed by atoms with Crippen molar-refractivity contribution in [3.63, 3.8) is 0 Å². The first kappa shape index (κ1) is 24.7. The van der Waals surface area contributed by atoms with Gasteiger partial charge in [-0.1, -0.05) is 18.2 Å². The molecule has 1 amide bonds. The van der Waals surface area contributed by atoms with Crippen LogP contribution in [-0.4, -0.2) is 20.4 Å². The van der Waals surface area contributed by atoms with Crippen molar-refractivity contribution in [2.75, 3.05) is 5.32 Å². The van der Waals surface area contributed by atoms with Gasteiger partial charge in [-0.25, -0.2) is 9.37 Å². The summed E-state index contributed by atoms with van der Waals surface area (Å²) in [6.07, 6.45) is 3.64. The number of benzene rings is 3. The topological polar surface area (TPSA) is 86.5 Å². The zero-order valence-electron chi connectivity index (χ0n) is 19.7. The van der Waals surface area contributed by atoms with E-state index in [1.165, 1.54) is 24.3 Å². The molecule has 36 heavy (non-hydrogen) atoms. The SMILES string of the molecule is Cc1cc2nc(/C(C#N)=C/c3cn(CC(=O)Nc4ccc(F)cc4)c4ccccc34)[nH]c2cc1C.Cl. The molecule has 8 heteroatoms. The smallest absolute Gasteiger partial charge is 0.244 e. The summed E-state index contributed by atoms with van der Waals surface area (Å²) >= 11 is 0. The molecule has 180 valence electrons. The van der Waals surface area contributed by atoms with E-state index in [-0.39, 0.29) is 30.7 Å². The summed E-state index contributed by atoms with van der Waals surface area (Å²) < 4.78 is 15.0. The van der Waals surface area contributed by atoms with Crippen LogP contribution in [0.1, 0.15) is 22.5 Å². The number of carbonyl (C=O) groups excluding carboxylic acids is 1. The Balaban J connectivity index is 0.00000304. The van der Waals surface area contributed by atoms with Crippen LogP contribution in [0.25, 0.3) is 33.6 Å². The number of hydrogen-bond acceptors (Lipinski definition) is 3. The summed E-state index contributed by atoms with van der Waals surface area (Å²) in [6, 6.07) is 19.6. The summed E-state index contributed by atoms with van der Waals surface area (Å²) in [5, 5.41) is 13.6. The number of halogens is 2. The minimum atomic E-state index is -0.362. The molecule has 2 heterocycles. The summed E-state index contributed by atoms with van der Waals surface area (Å²) in [5.74, 6) is -0.103. The van der Waals surface area contributed by atoms with Crippen LogP contribution in [0.15, 0.2) is 66.9 Å². The van der Waals surface area contributed by atoms with Crippen LogP contribution in [0.4, 0.5) is 10.1 Å². The molecule has 0 atom stereocenters. The van der Waals surface area contributed by atoms with Crippen molar-refractivity contribution >= 4 is 57.6 Å². The predicted molar refractivity (Wildman–Crippen MR) is 143 cm³/mol. The lowest BCUT2D eigenvalue weighted by atomic mass is 10.1. The monoisotopic (exact) mass is 499 g/mol. The van der Waals surface area contributed by atoms with E-state index in [2.05, 4.69) is 21.4 Å². The maximum absolute atomic E-state index is 13.1. The van der Waals surface area contributed by atoms with Gasteiger partial charge in [0.1, 0.15) is 24.3 Å². The molecule has 0 aliphatic rings. The van der Waals surface area contributed by atoms with Gasteiger partial charge in [0.05, 0.1) is 16.6 Å². The van der Waals surface area contributed by atoms with Gasteiger partial charge >= 0.3 is 0 Å². The number of H-pyrrole nitrogens is 1. The van der Waals surface area contributed by atoms with Crippen molar-refractivity contribution in [1.29, 1.82) is 5.26 Å². The third-order valence-electron chi connectivity index (χ3n) is 6.03. The number of nitrogens with one attached hydrogen (secondary N) is 2. The van der Waals surface area contributed by atoms with Gasteiger partial charge in [-0.2, -0.15) is 5.26 Å². The molecule has 0 saturated heterocycles. The van der Waals surface area contributed by atoms with Gasteiger partial charge in [0.2, 0.25) is 5.91 Å². The van der Waals surface area contributed by atoms with Crippen LogP contribution in [-0.2, 0) is 11.3 Å². The van der Waals surface area contributed by atoms with Crippen molar-refractivity contribution in [3.8, 4) is 6.07 Å². The van der Waals surface area contributed by atoms with Crippen LogP contribution in [0.3, 0.4) is 0 Å². The Hall–Kier alpha value is -4.41. The largest absolute Gasteiger partial charge is 0.337 e. The molecule has 0 unspecified atom stereocenters. The molecule has 0 aliphatic carbocycles. The number of amides is 1. The van der Waals surface area contributed by atoms with E-state index < -0.39 is 0 Å². The number of nitriles is 1. The lowest BCUT2D eigenvalue weighted by Crippen LogP contribution is -2.18. The fraction of sp³-hybridized carbons (Fsp3) is 0.107. The number of aryl methyl sites for hydroxylation is 2. The Labute approximate surface area is 213 Å². The fourth-order valence-corrected chi connectivity index (χ4v) is 4.12. The molecule has 3 aromatic carbocycles. The van der Waals surface area contributed by atoms with E-state index in [9.17, 15) is 14.4 Å². The van der Waals surface area contributed by atoms with E-state index in [1.54, 1.807) is 6.08 Å². The lowest BCUT2D eigenvalue weighted by molar-refractivity contribution is -0.116. The van der Waals surface area contributed by atoms with Gasteiger partial charge in [-0.15, -0.1) is 12.4 Å². The number of allylic oxidation sites excluding steroid dienone is 1. The lowest BCUT2D eigenvalue weighted by Gasteiger charge is -2.07. The van der Waals surface area contributed by atoms with Crippen LogP contribution in [0.2, 0.25) is 0 Å². The first-order valence-corrected chi connectivity index (χ1v) is 11.1. The van der Waals surface area contributed by atoms with Gasteiger partial charge < -0.3 is 14.9 Å². The van der Waals surface area contributed by atoms with E-state index in [1.807, 2.05) is 61.0 Å². The summed E-state index contributed by atoms with van der Waals surface area (Å²) in [5.41, 5.74) is 6.57. The van der Waals surface area contributed by atoms with Crippen LogP contribution in [0, 0.1) is 31.0 Å². The van der Waals surface area contributed by atoms with Crippen molar-refractivity contribution in [1.82, 2.24) is 14.5 Å². The predicted octanol–water partition coefficient (Wildman–Crippen LogP) is 6.40. The van der Waals surface area contributed by atoms with Gasteiger partial charge in [0.25, 0.3) is 0 Å². The average Bonchev–Trinajstić information content (AvgIpc) is 3.40. The summed E-state index contributed by atoms with van der Waals surface area (Å²) in [4.78, 5) is 20.5. The van der Waals surface area contributed by atoms with Gasteiger partial charge in [-0.05, 0) is 73.5 Å². The number of fused-ring (bicyclic) bond motifs is 2. The molecular weight excluding hydrogens is 477 g/mol. The maximum atomic E-state index is 13.1.